The van der Waals surface area contributed by atoms with Crippen LogP contribution in [0.5, 0.6) is 11.5 Å². The molecular formula is C19H19F3N6O3. The summed E-state index contributed by atoms with van der Waals surface area (Å²) < 4.78 is 53.9. The van der Waals surface area contributed by atoms with Gasteiger partial charge in [0, 0.05) is 25.7 Å². The summed E-state index contributed by atoms with van der Waals surface area (Å²) in [5, 5.41) is 12.2. The van der Waals surface area contributed by atoms with Crippen LogP contribution in [-0.2, 0) is 0 Å². The van der Waals surface area contributed by atoms with Gasteiger partial charge in [-0.3, -0.25) is 4.79 Å². The number of halogens is 3. The van der Waals surface area contributed by atoms with Gasteiger partial charge in [-0.2, -0.15) is 9.61 Å². The van der Waals surface area contributed by atoms with Gasteiger partial charge in [0.15, 0.2) is 28.8 Å². The van der Waals surface area contributed by atoms with Gasteiger partial charge in [-0.1, -0.05) is 0 Å². The van der Waals surface area contributed by atoms with Crippen molar-refractivity contribution in [3.8, 4) is 11.5 Å². The van der Waals surface area contributed by atoms with Gasteiger partial charge in [-0.25, -0.2) is 18.2 Å². The smallest absolute Gasteiger partial charge is 0.256 e. The monoisotopic (exact) mass is 436 g/mol. The molecule has 164 valence electrons. The number of aromatic nitrogens is 3. The van der Waals surface area contributed by atoms with Gasteiger partial charge in [0.2, 0.25) is 0 Å². The second-order valence-electron chi connectivity index (χ2n) is 6.76. The maximum atomic E-state index is 14.6. The van der Waals surface area contributed by atoms with Crippen molar-refractivity contribution in [3.05, 3.63) is 35.5 Å². The van der Waals surface area contributed by atoms with Crippen molar-refractivity contribution in [2.45, 2.75) is 13.1 Å². The summed E-state index contributed by atoms with van der Waals surface area (Å²) in [4.78, 5) is 16.7. The van der Waals surface area contributed by atoms with E-state index in [0.29, 0.717) is 5.82 Å². The highest BCUT2D eigenvalue weighted by atomic mass is 19.2. The van der Waals surface area contributed by atoms with Gasteiger partial charge in [-0.05, 0) is 6.92 Å². The van der Waals surface area contributed by atoms with Gasteiger partial charge in [-0.15, -0.1) is 0 Å². The van der Waals surface area contributed by atoms with Crippen molar-refractivity contribution in [2.24, 2.45) is 0 Å². The van der Waals surface area contributed by atoms with Gasteiger partial charge in [0.05, 0.1) is 6.20 Å². The van der Waals surface area contributed by atoms with Crippen LogP contribution in [0.15, 0.2) is 18.3 Å². The maximum Gasteiger partial charge on any atom is 0.256 e. The van der Waals surface area contributed by atoms with E-state index in [1.54, 1.807) is 7.05 Å². The van der Waals surface area contributed by atoms with E-state index in [9.17, 15) is 18.0 Å². The molecule has 2 aromatic heterocycles. The molecule has 0 unspecified atom stereocenters. The number of amides is 1. The number of alkyl halides is 1. The van der Waals surface area contributed by atoms with Gasteiger partial charge in [0.1, 0.15) is 42.3 Å². The summed E-state index contributed by atoms with van der Waals surface area (Å²) in [6.07, 6.45) is 0.0560. The topological polar surface area (TPSA) is 102 Å². The largest absolute Gasteiger partial charge is 0.486 e. The Labute approximate surface area is 174 Å². The van der Waals surface area contributed by atoms with E-state index in [4.69, 9.17) is 9.47 Å². The van der Waals surface area contributed by atoms with Crippen LogP contribution >= 0.6 is 0 Å². The van der Waals surface area contributed by atoms with E-state index in [1.807, 2.05) is 0 Å². The highest BCUT2D eigenvalue weighted by Gasteiger charge is 2.25. The molecule has 31 heavy (non-hydrogen) atoms. The lowest BCUT2D eigenvalue weighted by Crippen LogP contribution is -2.28. The van der Waals surface area contributed by atoms with Crippen molar-refractivity contribution in [2.75, 3.05) is 37.4 Å². The summed E-state index contributed by atoms with van der Waals surface area (Å²) in [5.41, 5.74) is -0.0753. The minimum atomic E-state index is -1.23. The van der Waals surface area contributed by atoms with Crippen LogP contribution in [0.2, 0.25) is 0 Å². The molecule has 3 N–H and O–H groups in total. The molecule has 1 aliphatic rings. The molecule has 0 aliphatic carbocycles. The second-order valence-corrected chi connectivity index (χ2v) is 6.76. The number of ether oxygens (including phenoxy) is 2. The average molecular weight is 436 g/mol. The number of carbonyl (C=O) groups is 1. The number of nitrogens with zero attached hydrogens (tertiary/aromatic N) is 3. The van der Waals surface area contributed by atoms with Crippen molar-refractivity contribution in [3.63, 3.8) is 0 Å². The Morgan fingerprint density at radius 3 is 2.81 bits per heavy atom. The quantitative estimate of drug-likeness (QED) is 0.546. The zero-order valence-corrected chi connectivity index (χ0v) is 16.6. The van der Waals surface area contributed by atoms with Crippen molar-refractivity contribution >= 4 is 28.9 Å². The van der Waals surface area contributed by atoms with Crippen molar-refractivity contribution in [1.29, 1.82) is 0 Å². The SMILES string of the molecule is CNc1cc(Nc2c(F)c(F)cc3c2OCCO3)nc2c(C(=O)NC[C@@H](C)F)cnn12. The van der Waals surface area contributed by atoms with Crippen LogP contribution in [0.4, 0.5) is 30.5 Å². The summed E-state index contributed by atoms with van der Waals surface area (Å²) in [5.74, 6) is -2.28. The Morgan fingerprint density at radius 1 is 1.29 bits per heavy atom. The molecule has 4 rings (SSSR count). The average Bonchev–Trinajstić information content (AvgIpc) is 3.18. The summed E-state index contributed by atoms with van der Waals surface area (Å²) in [7, 11) is 1.62. The van der Waals surface area contributed by atoms with Crippen LogP contribution in [-0.4, -0.2) is 53.5 Å². The molecule has 9 nitrogen and oxygen atoms in total. The number of nitrogens with one attached hydrogen (secondary N) is 3. The fraction of sp³-hybridized carbons (Fsp3) is 0.316. The van der Waals surface area contributed by atoms with Crippen LogP contribution in [0.25, 0.3) is 5.65 Å². The normalized spacial score (nSPS) is 13.7. The third-order valence-electron chi connectivity index (χ3n) is 4.49. The third kappa shape index (κ3) is 3.88. The Bertz CT molecular complexity index is 1150. The lowest BCUT2D eigenvalue weighted by molar-refractivity contribution is 0.0945. The molecule has 0 fully saturated rings. The molecule has 0 spiro atoms. The molecule has 1 aromatic carbocycles. The van der Waals surface area contributed by atoms with E-state index in [-0.39, 0.29) is 54.0 Å². The Balaban J connectivity index is 1.76. The number of hydrogen-bond donors (Lipinski definition) is 3. The van der Waals surface area contributed by atoms with E-state index < -0.39 is 23.7 Å². The minimum Gasteiger partial charge on any atom is -0.486 e. The molecule has 0 saturated carbocycles. The van der Waals surface area contributed by atoms with E-state index >= 15 is 0 Å². The molecule has 0 bridgehead atoms. The number of anilines is 3. The van der Waals surface area contributed by atoms with Crippen LogP contribution in [0, 0.1) is 11.6 Å². The minimum absolute atomic E-state index is 0.0150. The Hall–Kier alpha value is -3.70. The lowest BCUT2D eigenvalue weighted by atomic mass is 10.2. The van der Waals surface area contributed by atoms with E-state index in [2.05, 4.69) is 26.0 Å². The van der Waals surface area contributed by atoms with Gasteiger partial charge >= 0.3 is 0 Å². The Morgan fingerprint density at radius 2 is 2.06 bits per heavy atom. The molecule has 1 amide bonds. The van der Waals surface area contributed by atoms with Crippen molar-refractivity contribution < 1.29 is 27.4 Å². The number of rotatable bonds is 6. The molecule has 0 saturated heterocycles. The molecule has 0 radical (unpaired) electrons. The molecule has 12 heteroatoms. The fourth-order valence-electron chi connectivity index (χ4n) is 3.07. The summed E-state index contributed by atoms with van der Waals surface area (Å²) in [6, 6.07) is 2.40. The first-order chi connectivity index (χ1) is 14.9. The predicted octanol–water partition coefficient (Wildman–Crippen LogP) is 2.65. The van der Waals surface area contributed by atoms with E-state index in [1.165, 1.54) is 23.7 Å². The molecule has 3 heterocycles. The molecular weight excluding hydrogens is 417 g/mol. The van der Waals surface area contributed by atoms with Crippen molar-refractivity contribution in [1.82, 2.24) is 19.9 Å². The standard InChI is InChI=1S/C19H19F3N6O3/c1-9(20)7-24-19(29)10-8-25-28-14(23-2)6-13(27-18(10)28)26-16-15(22)11(21)5-12-17(16)31-4-3-30-12/h5-6,8-9,23H,3-4,7H2,1-2H3,(H,24,29)(H,26,27)/t9-/m1/s1. The zero-order valence-electron chi connectivity index (χ0n) is 16.6. The maximum absolute atomic E-state index is 14.6. The fourth-order valence-corrected chi connectivity index (χ4v) is 3.07. The highest BCUT2D eigenvalue weighted by molar-refractivity contribution is 6.00. The van der Waals surface area contributed by atoms with Crippen LogP contribution in [0.1, 0.15) is 17.3 Å². The molecule has 1 aliphatic heterocycles. The second kappa shape index (κ2) is 8.20. The highest BCUT2D eigenvalue weighted by Crippen LogP contribution is 2.42. The first-order valence-corrected chi connectivity index (χ1v) is 9.42. The molecule has 1 atom stereocenters. The molecule has 3 aromatic rings. The number of benzene rings is 1. The third-order valence-corrected chi connectivity index (χ3v) is 4.49. The summed E-state index contributed by atoms with van der Waals surface area (Å²) >= 11 is 0. The first kappa shape index (κ1) is 20.6. The predicted molar refractivity (Wildman–Crippen MR) is 106 cm³/mol. The van der Waals surface area contributed by atoms with E-state index in [0.717, 1.165) is 6.07 Å². The lowest BCUT2D eigenvalue weighted by Gasteiger charge is -2.22. The van der Waals surface area contributed by atoms with Crippen LogP contribution < -0.4 is 25.4 Å². The van der Waals surface area contributed by atoms with Crippen LogP contribution in [0.3, 0.4) is 0 Å². The number of hydrogen-bond acceptors (Lipinski definition) is 7. The first-order valence-electron chi connectivity index (χ1n) is 9.42. The number of carbonyl (C=O) groups excluding carboxylic acids is 1. The van der Waals surface area contributed by atoms with Gasteiger partial charge < -0.3 is 25.4 Å². The zero-order chi connectivity index (χ0) is 22.1. The Kier molecular flexibility index (Phi) is 5.44. The summed E-state index contributed by atoms with van der Waals surface area (Å²) in [6.45, 7) is 1.51. The van der Waals surface area contributed by atoms with Gasteiger partial charge in [0.25, 0.3) is 5.91 Å². The number of fused-ring (bicyclic) bond motifs is 2.